The van der Waals surface area contributed by atoms with Crippen LogP contribution in [0.25, 0.3) is 0 Å². The molecule has 0 bridgehead atoms. The van der Waals surface area contributed by atoms with Gasteiger partial charge in [0.05, 0.1) is 18.2 Å². The van der Waals surface area contributed by atoms with Crippen LogP contribution in [0.3, 0.4) is 0 Å². The summed E-state index contributed by atoms with van der Waals surface area (Å²) in [5.74, 6) is -0.330. The van der Waals surface area contributed by atoms with E-state index in [1.165, 1.54) is 6.07 Å². The lowest BCUT2D eigenvalue weighted by atomic mass is 10.1. The van der Waals surface area contributed by atoms with Crippen molar-refractivity contribution in [2.45, 2.75) is 6.54 Å². The van der Waals surface area contributed by atoms with Gasteiger partial charge in [-0.05, 0) is 19.2 Å². The molecule has 0 unspecified atom stereocenters. The van der Waals surface area contributed by atoms with Crippen molar-refractivity contribution in [3.8, 4) is 6.07 Å². The van der Waals surface area contributed by atoms with Gasteiger partial charge in [-0.3, -0.25) is 4.90 Å². The molecular formula is C12H15FN2O. The Hall–Kier alpha value is -1.44. The summed E-state index contributed by atoms with van der Waals surface area (Å²) in [7, 11) is 3.53. The fourth-order valence-electron chi connectivity index (χ4n) is 1.36. The van der Waals surface area contributed by atoms with Crippen molar-refractivity contribution in [2.75, 3.05) is 27.3 Å². The number of benzene rings is 1. The summed E-state index contributed by atoms with van der Waals surface area (Å²) >= 11 is 0. The maximum atomic E-state index is 13.5. The second-order valence-electron chi connectivity index (χ2n) is 3.65. The van der Waals surface area contributed by atoms with E-state index >= 15 is 0 Å². The van der Waals surface area contributed by atoms with Gasteiger partial charge in [-0.15, -0.1) is 0 Å². The molecule has 1 rings (SSSR count). The summed E-state index contributed by atoms with van der Waals surface area (Å²) in [6.45, 7) is 1.88. The summed E-state index contributed by atoms with van der Waals surface area (Å²) in [5, 5.41) is 8.61. The van der Waals surface area contributed by atoms with Crippen LogP contribution in [0.15, 0.2) is 18.2 Å². The lowest BCUT2D eigenvalue weighted by Gasteiger charge is -2.16. The summed E-state index contributed by atoms with van der Waals surface area (Å²) in [4.78, 5) is 1.97. The number of rotatable bonds is 5. The highest BCUT2D eigenvalue weighted by atomic mass is 19.1. The molecule has 4 heteroatoms. The van der Waals surface area contributed by atoms with Crippen molar-refractivity contribution in [1.29, 1.82) is 5.26 Å². The van der Waals surface area contributed by atoms with Gasteiger partial charge in [-0.25, -0.2) is 4.39 Å². The van der Waals surface area contributed by atoms with Crippen molar-refractivity contribution < 1.29 is 9.13 Å². The number of nitrogens with zero attached hydrogens (tertiary/aromatic N) is 2. The van der Waals surface area contributed by atoms with Crippen molar-refractivity contribution in [2.24, 2.45) is 0 Å². The Morgan fingerprint density at radius 2 is 2.25 bits per heavy atom. The topological polar surface area (TPSA) is 36.3 Å². The predicted octanol–water partition coefficient (Wildman–Crippen LogP) is 1.78. The molecule has 0 radical (unpaired) electrons. The zero-order chi connectivity index (χ0) is 12.0. The van der Waals surface area contributed by atoms with E-state index in [9.17, 15) is 4.39 Å². The van der Waals surface area contributed by atoms with Crippen LogP contribution in [-0.4, -0.2) is 32.2 Å². The van der Waals surface area contributed by atoms with E-state index in [1.807, 2.05) is 18.0 Å². The molecule has 1 aromatic rings. The zero-order valence-corrected chi connectivity index (χ0v) is 9.53. The number of methoxy groups -OCH3 is 1. The summed E-state index contributed by atoms with van der Waals surface area (Å²) in [5.41, 5.74) is 0.943. The standard InChI is InChI=1S/C12H15FN2O/c1-15(5-6-16-2)9-11-4-3-10(8-14)7-12(11)13/h3-4,7H,5-6,9H2,1-2H3. The molecule has 0 spiro atoms. The number of ether oxygens (including phenoxy) is 1. The Morgan fingerprint density at radius 1 is 1.50 bits per heavy atom. The Balaban J connectivity index is 2.64. The second kappa shape index (κ2) is 6.21. The molecule has 16 heavy (non-hydrogen) atoms. The number of halogens is 1. The SMILES string of the molecule is COCCN(C)Cc1ccc(C#N)cc1F. The highest BCUT2D eigenvalue weighted by Crippen LogP contribution is 2.11. The Labute approximate surface area is 95.1 Å². The van der Waals surface area contributed by atoms with Crippen LogP contribution < -0.4 is 0 Å². The Morgan fingerprint density at radius 3 is 2.81 bits per heavy atom. The quantitative estimate of drug-likeness (QED) is 0.761. The largest absolute Gasteiger partial charge is 0.383 e. The minimum Gasteiger partial charge on any atom is -0.383 e. The summed E-state index contributed by atoms with van der Waals surface area (Å²) in [6.07, 6.45) is 0. The molecule has 0 N–H and O–H groups in total. The maximum absolute atomic E-state index is 13.5. The molecule has 0 aliphatic rings. The third kappa shape index (κ3) is 3.61. The van der Waals surface area contributed by atoms with E-state index < -0.39 is 0 Å². The van der Waals surface area contributed by atoms with Crippen LogP contribution in [0, 0.1) is 17.1 Å². The molecule has 0 atom stereocenters. The van der Waals surface area contributed by atoms with Gasteiger partial charge >= 0.3 is 0 Å². The molecule has 0 saturated carbocycles. The van der Waals surface area contributed by atoms with Gasteiger partial charge in [-0.2, -0.15) is 5.26 Å². The van der Waals surface area contributed by atoms with E-state index in [2.05, 4.69) is 0 Å². The van der Waals surface area contributed by atoms with Gasteiger partial charge in [-0.1, -0.05) is 6.07 Å². The van der Waals surface area contributed by atoms with Crippen molar-refractivity contribution in [3.05, 3.63) is 35.1 Å². The van der Waals surface area contributed by atoms with Crippen LogP contribution in [0.4, 0.5) is 4.39 Å². The number of nitriles is 1. The number of hydrogen-bond donors (Lipinski definition) is 0. The van der Waals surface area contributed by atoms with Gasteiger partial charge in [0.2, 0.25) is 0 Å². The first-order valence-electron chi connectivity index (χ1n) is 5.03. The summed E-state index contributed by atoms with van der Waals surface area (Å²) < 4.78 is 18.4. The molecule has 0 aromatic heterocycles. The van der Waals surface area contributed by atoms with E-state index in [0.29, 0.717) is 24.3 Å². The van der Waals surface area contributed by atoms with Crippen LogP contribution >= 0.6 is 0 Å². The van der Waals surface area contributed by atoms with Crippen LogP contribution in [-0.2, 0) is 11.3 Å². The minimum atomic E-state index is -0.330. The molecule has 0 fully saturated rings. The summed E-state index contributed by atoms with van der Waals surface area (Å²) in [6, 6.07) is 6.45. The van der Waals surface area contributed by atoms with Gasteiger partial charge in [0.1, 0.15) is 5.82 Å². The molecule has 3 nitrogen and oxygen atoms in total. The smallest absolute Gasteiger partial charge is 0.129 e. The molecular weight excluding hydrogens is 207 g/mol. The Bertz CT molecular complexity index is 387. The normalized spacial score (nSPS) is 10.4. The first-order valence-corrected chi connectivity index (χ1v) is 5.03. The molecule has 86 valence electrons. The average molecular weight is 222 g/mol. The molecule has 1 aromatic carbocycles. The molecule has 0 heterocycles. The predicted molar refractivity (Wildman–Crippen MR) is 59.3 cm³/mol. The van der Waals surface area contributed by atoms with Crippen LogP contribution in [0.2, 0.25) is 0 Å². The third-order valence-corrected chi connectivity index (χ3v) is 2.30. The lowest BCUT2D eigenvalue weighted by Crippen LogP contribution is -2.22. The van der Waals surface area contributed by atoms with Crippen LogP contribution in [0.1, 0.15) is 11.1 Å². The highest BCUT2D eigenvalue weighted by Gasteiger charge is 2.06. The molecule has 0 aliphatic heterocycles. The fourth-order valence-corrected chi connectivity index (χ4v) is 1.36. The number of likely N-dealkylation sites (N-methyl/N-ethyl adjacent to an activating group) is 1. The minimum absolute atomic E-state index is 0.330. The molecule has 0 aliphatic carbocycles. The van der Waals surface area contributed by atoms with Gasteiger partial charge in [0, 0.05) is 25.8 Å². The molecule has 0 saturated heterocycles. The van der Waals surface area contributed by atoms with Gasteiger partial charge < -0.3 is 4.74 Å². The zero-order valence-electron chi connectivity index (χ0n) is 9.53. The maximum Gasteiger partial charge on any atom is 0.129 e. The van der Waals surface area contributed by atoms with Crippen molar-refractivity contribution in [3.63, 3.8) is 0 Å². The fraction of sp³-hybridized carbons (Fsp3) is 0.417. The Kier molecular flexibility index (Phi) is 4.90. The van der Waals surface area contributed by atoms with Crippen LogP contribution in [0.5, 0.6) is 0 Å². The second-order valence-corrected chi connectivity index (χ2v) is 3.65. The van der Waals surface area contributed by atoms with Crippen molar-refractivity contribution >= 4 is 0 Å². The first-order chi connectivity index (χ1) is 7.67. The first kappa shape index (κ1) is 12.6. The third-order valence-electron chi connectivity index (χ3n) is 2.30. The van der Waals surface area contributed by atoms with E-state index in [0.717, 1.165) is 6.54 Å². The average Bonchev–Trinajstić information content (AvgIpc) is 2.29. The van der Waals surface area contributed by atoms with Crippen molar-refractivity contribution in [1.82, 2.24) is 4.90 Å². The van der Waals surface area contributed by atoms with Gasteiger partial charge in [0.15, 0.2) is 0 Å². The molecule has 0 amide bonds. The van der Waals surface area contributed by atoms with E-state index in [4.69, 9.17) is 10.00 Å². The monoisotopic (exact) mass is 222 g/mol. The van der Waals surface area contributed by atoms with E-state index in [-0.39, 0.29) is 5.82 Å². The highest BCUT2D eigenvalue weighted by molar-refractivity contribution is 5.32. The number of hydrogen-bond acceptors (Lipinski definition) is 3. The van der Waals surface area contributed by atoms with E-state index in [1.54, 1.807) is 19.2 Å². The van der Waals surface area contributed by atoms with Gasteiger partial charge in [0.25, 0.3) is 0 Å². The lowest BCUT2D eigenvalue weighted by molar-refractivity contribution is 0.158.